The molecule has 2 unspecified atom stereocenters. The Bertz CT molecular complexity index is 1710. The van der Waals surface area contributed by atoms with Gasteiger partial charge in [0.25, 0.3) is 5.91 Å². The Morgan fingerprint density at radius 2 is 1.62 bits per heavy atom. The predicted octanol–water partition coefficient (Wildman–Crippen LogP) is 5.69. The van der Waals surface area contributed by atoms with E-state index in [-0.39, 0.29) is 18.9 Å². The molecule has 4 N–H and O–H groups in total. The fourth-order valence-electron chi connectivity index (χ4n) is 5.89. The summed E-state index contributed by atoms with van der Waals surface area (Å²) in [5.74, 6) is -1.64. The van der Waals surface area contributed by atoms with Crippen molar-refractivity contribution in [3.8, 4) is 5.75 Å². The Kier molecular flexibility index (Phi) is 10.0. The minimum absolute atomic E-state index is 0.0313. The lowest BCUT2D eigenvalue weighted by Crippen LogP contribution is -2.51. The second-order valence-electron chi connectivity index (χ2n) is 12.8. The van der Waals surface area contributed by atoms with Crippen LogP contribution in [0.2, 0.25) is 0 Å². The van der Waals surface area contributed by atoms with Gasteiger partial charge in [0.05, 0.1) is 25.3 Å². The molecule has 5 rings (SSSR count). The third-order valence-corrected chi connectivity index (χ3v) is 8.87. The number of carboxylic acids is 1. The lowest BCUT2D eigenvalue weighted by Gasteiger charge is -2.28. The van der Waals surface area contributed by atoms with Gasteiger partial charge in [-0.05, 0) is 68.0 Å². The Morgan fingerprint density at radius 3 is 2.27 bits per heavy atom. The van der Waals surface area contributed by atoms with Crippen molar-refractivity contribution in [1.82, 2.24) is 15.1 Å². The number of imide groups is 1. The van der Waals surface area contributed by atoms with Crippen molar-refractivity contribution >= 4 is 41.2 Å². The first kappa shape index (κ1) is 34.0. The molecule has 3 aromatic carbocycles. The number of carbonyl (C=O) groups is 5. The first-order valence-electron chi connectivity index (χ1n) is 15.9. The summed E-state index contributed by atoms with van der Waals surface area (Å²) in [6.45, 7) is 5.20. The van der Waals surface area contributed by atoms with E-state index in [0.29, 0.717) is 34.7 Å². The minimum Gasteiger partial charge on any atom is -0.495 e. The van der Waals surface area contributed by atoms with Crippen LogP contribution in [0.15, 0.2) is 72.8 Å². The second kappa shape index (κ2) is 14.2. The Hall–Kier alpha value is -5.39. The van der Waals surface area contributed by atoms with E-state index in [4.69, 9.17) is 4.74 Å². The summed E-state index contributed by atoms with van der Waals surface area (Å²) in [6, 6.07) is 18.2. The summed E-state index contributed by atoms with van der Waals surface area (Å²) >= 11 is 0. The third kappa shape index (κ3) is 7.59. The molecule has 1 aliphatic carbocycles. The van der Waals surface area contributed by atoms with Crippen molar-refractivity contribution in [3.05, 3.63) is 89.5 Å². The number of para-hydroxylation sites is 1. The molecule has 0 bridgehead atoms. The van der Waals surface area contributed by atoms with Crippen molar-refractivity contribution in [2.24, 2.45) is 5.92 Å². The Labute approximate surface area is 279 Å². The maximum Gasteiger partial charge on any atom is 0.328 e. The summed E-state index contributed by atoms with van der Waals surface area (Å²) in [6.07, 6.45) is 1.70. The first-order chi connectivity index (χ1) is 22.9. The molecule has 1 saturated carbocycles. The fraction of sp³-hybridized carbons (Fsp3) is 0.361. The van der Waals surface area contributed by atoms with Crippen LogP contribution in [0.3, 0.4) is 0 Å². The lowest BCUT2D eigenvalue weighted by atomic mass is 10.00. The van der Waals surface area contributed by atoms with Gasteiger partial charge in [0.1, 0.15) is 17.3 Å². The van der Waals surface area contributed by atoms with Gasteiger partial charge in [-0.2, -0.15) is 0 Å². The number of benzene rings is 3. The number of carboxylic acid groups (broad SMARTS) is 1. The average Bonchev–Trinajstić information content (AvgIpc) is 3.86. The van der Waals surface area contributed by atoms with Gasteiger partial charge in [0.15, 0.2) is 0 Å². The molecule has 48 heavy (non-hydrogen) atoms. The number of aryl methyl sites for hydroxylation is 1. The lowest BCUT2D eigenvalue weighted by molar-refractivity contribution is -0.140. The van der Waals surface area contributed by atoms with Crippen LogP contribution in [0.4, 0.5) is 21.0 Å². The molecule has 0 spiro atoms. The number of ether oxygens (including phenoxy) is 1. The highest BCUT2D eigenvalue weighted by Crippen LogP contribution is 2.39. The molecule has 2 fully saturated rings. The van der Waals surface area contributed by atoms with Gasteiger partial charge in [0, 0.05) is 12.2 Å². The van der Waals surface area contributed by atoms with Gasteiger partial charge in [-0.1, -0.05) is 67.4 Å². The zero-order valence-corrected chi connectivity index (χ0v) is 27.5. The van der Waals surface area contributed by atoms with Gasteiger partial charge in [-0.15, -0.1) is 0 Å². The average molecular weight is 656 g/mol. The van der Waals surface area contributed by atoms with Gasteiger partial charge in [0.2, 0.25) is 5.91 Å². The standard InChI is InChI=1S/C36H41N5O7/c1-22-10-8-9-13-26(22)38-34(46)39-27-17-16-24(19-30(27)48-4)21-40-35(47)41(33(45)36(40,2)3)29(18-23-14-15-23)32(44)37-28(20-31(42)43)25-11-6-5-7-12-25/h5-13,16-17,19,23,28-29H,14-15,18,20-21H2,1-4H3,(H,37,44)(H,42,43)(H2,38,39,46). The van der Waals surface area contributed by atoms with Crippen molar-refractivity contribution < 1.29 is 33.8 Å². The van der Waals surface area contributed by atoms with Crippen LogP contribution in [-0.4, -0.2) is 63.4 Å². The number of anilines is 2. The molecular weight excluding hydrogens is 614 g/mol. The molecule has 1 aliphatic heterocycles. The summed E-state index contributed by atoms with van der Waals surface area (Å²) in [5, 5.41) is 18.0. The second-order valence-corrected chi connectivity index (χ2v) is 12.8. The predicted molar refractivity (Wildman–Crippen MR) is 179 cm³/mol. The van der Waals surface area contributed by atoms with Crippen molar-refractivity contribution in [3.63, 3.8) is 0 Å². The number of methoxy groups -OCH3 is 1. The van der Waals surface area contributed by atoms with E-state index in [1.54, 1.807) is 68.4 Å². The number of hydrogen-bond donors (Lipinski definition) is 4. The van der Waals surface area contributed by atoms with Crippen LogP contribution in [0.1, 0.15) is 62.3 Å². The largest absolute Gasteiger partial charge is 0.495 e. The summed E-state index contributed by atoms with van der Waals surface area (Å²) in [5.41, 5.74) is 1.95. The summed E-state index contributed by atoms with van der Waals surface area (Å²) in [7, 11) is 1.47. The van der Waals surface area contributed by atoms with Crippen LogP contribution >= 0.6 is 0 Å². The number of amides is 6. The highest BCUT2D eigenvalue weighted by molar-refractivity contribution is 6.09. The van der Waals surface area contributed by atoms with E-state index in [0.717, 1.165) is 23.3 Å². The summed E-state index contributed by atoms with van der Waals surface area (Å²) in [4.78, 5) is 68.7. The van der Waals surface area contributed by atoms with Gasteiger partial charge in [-0.25, -0.2) is 14.5 Å². The SMILES string of the molecule is COc1cc(CN2C(=O)N(C(CC3CC3)C(=O)NC(CC(=O)O)c3ccccc3)C(=O)C2(C)C)ccc1NC(=O)Nc1ccccc1C. The topological polar surface area (TPSA) is 157 Å². The maximum absolute atomic E-state index is 14.0. The number of aliphatic carboxylic acids is 1. The normalized spacial score (nSPS) is 16.7. The van der Waals surface area contributed by atoms with Crippen LogP contribution in [-0.2, 0) is 20.9 Å². The molecule has 2 aliphatic rings. The van der Waals surface area contributed by atoms with Gasteiger partial charge in [-0.3, -0.25) is 14.4 Å². The number of carbonyl (C=O) groups excluding carboxylic acids is 4. The summed E-state index contributed by atoms with van der Waals surface area (Å²) < 4.78 is 5.55. The highest BCUT2D eigenvalue weighted by atomic mass is 16.5. The molecule has 252 valence electrons. The van der Waals surface area contributed by atoms with E-state index in [1.165, 1.54) is 12.0 Å². The van der Waals surface area contributed by atoms with Gasteiger partial charge < -0.3 is 30.7 Å². The van der Waals surface area contributed by atoms with E-state index >= 15 is 0 Å². The van der Waals surface area contributed by atoms with Crippen LogP contribution in [0, 0.1) is 12.8 Å². The molecule has 6 amide bonds. The van der Waals surface area contributed by atoms with E-state index in [2.05, 4.69) is 16.0 Å². The van der Waals surface area contributed by atoms with Gasteiger partial charge >= 0.3 is 18.0 Å². The molecule has 12 heteroatoms. The highest BCUT2D eigenvalue weighted by Gasteiger charge is 2.55. The molecule has 2 atom stereocenters. The quantitative estimate of drug-likeness (QED) is 0.172. The molecular formula is C36H41N5O7. The molecule has 0 aromatic heterocycles. The van der Waals surface area contributed by atoms with Crippen molar-refractivity contribution in [2.75, 3.05) is 17.7 Å². The number of nitrogens with zero attached hydrogens (tertiary/aromatic N) is 2. The number of nitrogens with one attached hydrogen (secondary N) is 3. The molecule has 12 nitrogen and oxygen atoms in total. The number of urea groups is 2. The third-order valence-electron chi connectivity index (χ3n) is 8.87. The monoisotopic (exact) mass is 655 g/mol. The fourth-order valence-corrected chi connectivity index (χ4v) is 5.89. The van der Waals surface area contributed by atoms with Crippen LogP contribution < -0.4 is 20.7 Å². The van der Waals surface area contributed by atoms with Crippen LogP contribution in [0.25, 0.3) is 0 Å². The minimum atomic E-state index is -1.28. The molecule has 0 radical (unpaired) electrons. The molecule has 1 saturated heterocycles. The zero-order valence-electron chi connectivity index (χ0n) is 27.5. The maximum atomic E-state index is 14.0. The van der Waals surface area contributed by atoms with E-state index < -0.39 is 47.5 Å². The van der Waals surface area contributed by atoms with Crippen molar-refractivity contribution in [2.45, 2.75) is 70.6 Å². The first-order valence-corrected chi connectivity index (χ1v) is 15.9. The molecule has 1 heterocycles. The van der Waals surface area contributed by atoms with Crippen molar-refractivity contribution in [1.29, 1.82) is 0 Å². The molecule has 3 aromatic rings. The Balaban J connectivity index is 1.34. The number of hydrogen-bond acceptors (Lipinski definition) is 6. The van der Waals surface area contributed by atoms with Crippen LogP contribution in [0.5, 0.6) is 5.75 Å². The van der Waals surface area contributed by atoms with E-state index in [9.17, 15) is 29.1 Å². The number of rotatable bonds is 13. The smallest absolute Gasteiger partial charge is 0.328 e. The zero-order chi connectivity index (χ0) is 34.6. The van der Waals surface area contributed by atoms with E-state index in [1.807, 2.05) is 25.1 Å². The Morgan fingerprint density at radius 1 is 0.958 bits per heavy atom.